The Hall–Kier alpha value is -0.870. The maximum atomic E-state index is 11.4. The van der Waals surface area contributed by atoms with E-state index in [4.69, 9.17) is 5.73 Å². The molecule has 0 bridgehead atoms. The van der Waals surface area contributed by atoms with Gasteiger partial charge < -0.3 is 5.73 Å². The molecule has 0 aliphatic rings. The second-order valence-electron chi connectivity index (χ2n) is 6.91. The Kier molecular flexibility index (Phi) is 6.41. The Labute approximate surface area is 129 Å². The van der Waals surface area contributed by atoms with Crippen molar-refractivity contribution in [2.24, 2.45) is 5.73 Å². The maximum Gasteiger partial charge on any atom is 0.147 e. The third-order valence-corrected chi connectivity index (χ3v) is 4.55. The SMILES string of the molecule is CC(C)(C)c1cc(CCCCN)cc(CCS(C)(=O)=O)c1. The number of unbranched alkanes of at least 4 members (excludes halogenated alkanes) is 1. The zero-order chi connectivity index (χ0) is 16.1. The van der Waals surface area contributed by atoms with Crippen LogP contribution in [0.25, 0.3) is 0 Å². The van der Waals surface area contributed by atoms with E-state index in [9.17, 15) is 8.42 Å². The molecule has 0 aliphatic heterocycles. The zero-order valence-corrected chi connectivity index (χ0v) is 14.6. The first-order chi connectivity index (χ1) is 9.62. The van der Waals surface area contributed by atoms with Gasteiger partial charge in [-0.15, -0.1) is 0 Å². The van der Waals surface area contributed by atoms with Crippen molar-refractivity contribution in [2.45, 2.75) is 51.9 Å². The molecule has 120 valence electrons. The fraction of sp³-hybridized carbons (Fsp3) is 0.647. The van der Waals surface area contributed by atoms with Crippen molar-refractivity contribution >= 4 is 9.84 Å². The van der Waals surface area contributed by atoms with E-state index in [1.54, 1.807) is 0 Å². The minimum Gasteiger partial charge on any atom is -0.330 e. The number of hydrogen-bond acceptors (Lipinski definition) is 3. The van der Waals surface area contributed by atoms with Crippen molar-refractivity contribution in [1.29, 1.82) is 0 Å². The van der Waals surface area contributed by atoms with Gasteiger partial charge in [-0.05, 0) is 54.3 Å². The van der Waals surface area contributed by atoms with Gasteiger partial charge in [0.1, 0.15) is 9.84 Å². The highest BCUT2D eigenvalue weighted by molar-refractivity contribution is 7.90. The van der Waals surface area contributed by atoms with Crippen LogP contribution in [0.1, 0.15) is 50.3 Å². The lowest BCUT2D eigenvalue weighted by Gasteiger charge is -2.21. The molecule has 0 unspecified atom stereocenters. The predicted molar refractivity (Wildman–Crippen MR) is 90.5 cm³/mol. The molecule has 2 N–H and O–H groups in total. The standard InChI is InChI=1S/C17H29NO2S/c1-17(2,3)16-12-14(7-5-6-9-18)11-15(13-16)8-10-21(4,19)20/h11-13H,5-10,18H2,1-4H3. The first-order valence-corrected chi connectivity index (χ1v) is 9.69. The van der Waals surface area contributed by atoms with Crippen LogP contribution in [0.15, 0.2) is 18.2 Å². The van der Waals surface area contributed by atoms with Crippen LogP contribution in [0, 0.1) is 0 Å². The molecular formula is C17H29NO2S. The Morgan fingerprint density at radius 2 is 1.57 bits per heavy atom. The van der Waals surface area contributed by atoms with Crippen LogP contribution in [0.2, 0.25) is 0 Å². The quantitative estimate of drug-likeness (QED) is 0.788. The molecule has 0 atom stereocenters. The number of rotatable bonds is 7. The van der Waals surface area contributed by atoms with Crippen molar-refractivity contribution in [1.82, 2.24) is 0 Å². The number of hydrogen-bond donors (Lipinski definition) is 1. The van der Waals surface area contributed by atoms with Crippen molar-refractivity contribution < 1.29 is 8.42 Å². The maximum absolute atomic E-state index is 11.4. The average molecular weight is 311 g/mol. The molecule has 0 amide bonds. The molecule has 4 heteroatoms. The van der Waals surface area contributed by atoms with Crippen molar-refractivity contribution in [3.8, 4) is 0 Å². The molecule has 0 saturated carbocycles. The highest BCUT2D eigenvalue weighted by Crippen LogP contribution is 2.25. The summed E-state index contributed by atoms with van der Waals surface area (Å²) < 4.78 is 22.7. The highest BCUT2D eigenvalue weighted by Gasteiger charge is 2.16. The number of sulfone groups is 1. The molecule has 1 aromatic carbocycles. The monoisotopic (exact) mass is 311 g/mol. The summed E-state index contributed by atoms with van der Waals surface area (Å²) in [5.74, 6) is 0.211. The summed E-state index contributed by atoms with van der Waals surface area (Å²) in [6, 6.07) is 6.55. The Balaban J connectivity index is 2.97. The smallest absolute Gasteiger partial charge is 0.147 e. The topological polar surface area (TPSA) is 60.2 Å². The van der Waals surface area contributed by atoms with Crippen LogP contribution in [-0.2, 0) is 28.1 Å². The van der Waals surface area contributed by atoms with Gasteiger partial charge in [-0.2, -0.15) is 0 Å². The van der Waals surface area contributed by atoms with E-state index in [-0.39, 0.29) is 11.2 Å². The average Bonchev–Trinajstić information content (AvgIpc) is 2.35. The minimum absolute atomic E-state index is 0.0731. The summed E-state index contributed by atoms with van der Waals surface area (Å²) in [7, 11) is -2.92. The second-order valence-corrected chi connectivity index (χ2v) is 9.17. The molecule has 1 aromatic rings. The minimum atomic E-state index is -2.92. The van der Waals surface area contributed by atoms with Gasteiger partial charge in [0.25, 0.3) is 0 Å². The molecular weight excluding hydrogens is 282 g/mol. The zero-order valence-electron chi connectivity index (χ0n) is 13.8. The van der Waals surface area contributed by atoms with Crippen molar-refractivity contribution in [2.75, 3.05) is 18.6 Å². The van der Waals surface area contributed by atoms with Gasteiger partial charge in [0.2, 0.25) is 0 Å². The van der Waals surface area contributed by atoms with Gasteiger partial charge in [-0.3, -0.25) is 0 Å². The number of benzene rings is 1. The normalized spacial score (nSPS) is 12.6. The van der Waals surface area contributed by atoms with E-state index in [0.717, 1.165) is 31.4 Å². The number of nitrogens with two attached hydrogens (primary N) is 1. The third kappa shape index (κ3) is 7.09. The predicted octanol–water partition coefficient (Wildman–Crippen LogP) is 2.85. The molecule has 1 rings (SSSR count). The molecule has 0 fully saturated rings. The fourth-order valence-electron chi connectivity index (χ4n) is 2.26. The van der Waals surface area contributed by atoms with Crippen LogP contribution >= 0.6 is 0 Å². The molecule has 0 saturated heterocycles. The molecule has 21 heavy (non-hydrogen) atoms. The van der Waals surface area contributed by atoms with E-state index in [2.05, 4.69) is 39.0 Å². The summed E-state index contributed by atoms with van der Waals surface area (Å²) >= 11 is 0. The van der Waals surface area contributed by atoms with Crippen LogP contribution in [-0.4, -0.2) is 27.0 Å². The van der Waals surface area contributed by atoms with E-state index in [1.165, 1.54) is 17.4 Å². The van der Waals surface area contributed by atoms with E-state index in [1.807, 2.05) is 0 Å². The molecule has 0 heterocycles. The van der Waals surface area contributed by atoms with Gasteiger partial charge >= 0.3 is 0 Å². The largest absolute Gasteiger partial charge is 0.330 e. The summed E-state index contributed by atoms with van der Waals surface area (Å²) in [5, 5.41) is 0. The van der Waals surface area contributed by atoms with Crippen LogP contribution in [0.4, 0.5) is 0 Å². The van der Waals surface area contributed by atoms with Crippen LogP contribution in [0.5, 0.6) is 0 Å². The first-order valence-electron chi connectivity index (χ1n) is 7.63. The molecule has 0 aliphatic carbocycles. The summed E-state index contributed by atoms with van der Waals surface area (Å²) in [6.07, 6.45) is 5.00. The van der Waals surface area contributed by atoms with E-state index < -0.39 is 9.84 Å². The third-order valence-electron chi connectivity index (χ3n) is 3.60. The van der Waals surface area contributed by atoms with Crippen LogP contribution < -0.4 is 5.73 Å². The Morgan fingerprint density at radius 3 is 2.05 bits per heavy atom. The van der Waals surface area contributed by atoms with Gasteiger partial charge in [0, 0.05) is 6.26 Å². The Morgan fingerprint density at radius 1 is 1.00 bits per heavy atom. The van der Waals surface area contributed by atoms with Gasteiger partial charge in [-0.25, -0.2) is 8.42 Å². The lowest BCUT2D eigenvalue weighted by atomic mass is 9.84. The molecule has 0 radical (unpaired) electrons. The fourth-order valence-corrected chi connectivity index (χ4v) is 2.87. The summed E-state index contributed by atoms with van der Waals surface area (Å²) in [6.45, 7) is 7.28. The lowest BCUT2D eigenvalue weighted by molar-refractivity contribution is 0.587. The highest BCUT2D eigenvalue weighted by atomic mass is 32.2. The molecule has 3 nitrogen and oxygen atoms in total. The second kappa shape index (κ2) is 7.41. The van der Waals surface area contributed by atoms with Crippen LogP contribution in [0.3, 0.4) is 0 Å². The first kappa shape index (κ1) is 18.2. The van der Waals surface area contributed by atoms with E-state index >= 15 is 0 Å². The van der Waals surface area contributed by atoms with E-state index in [0.29, 0.717) is 6.42 Å². The molecule has 0 aromatic heterocycles. The summed E-state index contributed by atoms with van der Waals surface area (Å²) in [5.41, 5.74) is 9.31. The summed E-state index contributed by atoms with van der Waals surface area (Å²) in [4.78, 5) is 0. The van der Waals surface area contributed by atoms with Crippen molar-refractivity contribution in [3.05, 3.63) is 34.9 Å². The van der Waals surface area contributed by atoms with Gasteiger partial charge in [0.15, 0.2) is 0 Å². The van der Waals surface area contributed by atoms with Gasteiger partial charge in [-0.1, -0.05) is 39.0 Å². The Bertz CT molecular complexity index is 557. The lowest BCUT2D eigenvalue weighted by Crippen LogP contribution is -2.13. The molecule has 0 spiro atoms. The van der Waals surface area contributed by atoms with Crippen molar-refractivity contribution in [3.63, 3.8) is 0 Å². The number of aryl methyl sites for hydroxylation is 2. The van der Waals surface area contributed by atoms with Gasteiger partial charge in [0.05, 0.1) is 5.75 Å².